The molecule has 16 heavy (non-hydrogen) atoms. The Morgan fingerprint density at radius 3 is 2.31 bits per heavy atom. The first kappa shape index (κ1) is 14.9. The molecule has 5 heteroatoms. The van der Waals surface area contributed by atoms with E-state index in [0.29, 0.717) is 18.8 Å². The summed E-state index contributed by atoms with van der Waals surface area (Å²) >= 11 is 0. The highest BCUT2D eigenvalue weighted by Crippen LogP contribution is 2.03. The number of ether oxygens (including phenoxy) is 1. The van der Waals surface area contributed by atoms with Crippen molar-refractivity contribution in [3.05, 3.63) is 0 Å². The standard InChI is InChI=1S/C11H22N2O3/c1-5-9(11(15)16-4)13-10(14)8(12)6-7(2)3/h7-9H,5-6,12H2,1-4H3,(H,13,14)/t8-,9-/m0/s1. The molecule has 0 saturated carbocycles. The van der Waals surface area contributed by atoms with Crippen LogP contribution in [-0.4, -0.2) is 31.1 Å². The molecule has 0 radical (unpaired) electrons. The molecule has 0 unspecified atom stereocenters. The number of amides is 1. The van der Waals surface area contributed by atoms with Gasteiger partial charge in [0.2, 0.25) is 5.91 Å². The van der Waals surface area contributed by atoms with E-state index in [9.17, 15) is 9.59 Å². The summed E-state index contributed by atoms with van der Waals surface area (Å²) in [7, 11) is 1.30. The number of rotatable bonds is 6. The van der Waals surface area contributed by atoms with Crippen LogP contribution in [0.5, 0.6) is 0 Å². The van der Waals surface area contributed by atoms with Crippen LogP contribution in [0.4, 0.5) is 0 Å². The molecule has 0 saturated heterocycles. The van der Waals surface area contributed by atoms with Crippen LogP contribution in [0.25, 0.3) is 0 Å². The van der Waals surface area contributed by atoms with E-state index in [1.54, 1.807) is 6.92 Å². The van der Waals surface area contributed by atoms with E-state index in [-0.39, 0.29) is 5.91 Å². The number of nitrogens with one attached hydrogen (secondary N) is 1. The lowest BCUT2D eigenvalue weighted by Crippen LogP contribution is -2.48. The lowest BCUT2D eigenvalue weighted by molar-refractivity contribution is -0.145. The minimum absolute atomic E-state index is 0.300. The highest BCUT2D eigenvalue weighted by atomic mass is 16.5. The van der Waals surface area contributed by atoms with Gasteiger partial charge in [-0.2, -0.15) is 0 Å². The molecule has 0 aromatic carbocycles. The summed E-state index contributed by atoms with van der Waals surface area (Å²) in [6.45, 7) is 5.78. The van der Waals surface area contributed by atoms with Crippen LogP contribution >= 0.6 is 0 Å². The first-order valence-electron chi connectivity index (χ1n) is 5.56. The van der Waals surface area contributed by atoms with Gasteiger partial charge in [0.25, 0.3) is 0 Å². The van der Waals surface area contributed by atoms with Gasteiger partial charge in [-0.3, -0.25) is 4.79 Å². The summed E-state index contributed by atoms with van der Waals surface area (Å²) in [6, 6.07) is -1.17. The summed E-state index contributed by atoms with van der Waals surface area (Å²) < 4.78 is 4.57. The maximum atomic E-state index is 11.6. The number of methoxy groups -OCH3 is 1. The SMILES string of the molecule is CC[C@H](NC(=O)[C@@H](N)CC(C)C)C(=O)OC. The Balaban J connectivity index is 4.24. The van der Waals surface area contributed by atoms with Gasteiger partial charge in [-0.1, -0.05) is 20.8 Å². The fourth-order valence-electron chi connectivity index (χ4n) is 1.36. The first-order chi connectivity index (χ1) is 7.42. The predicted molar refractivity (Wildman–Crippen MR) is 61.7 cm³/mol. The van der Waals surface area contributed by atoms with Crippen LogP contribution in [0, 0.1) is 5.92 Å². The van der Waals surface area contributed by atoms with Crippen LogP contribution in [0.3, 0.4) is 0 Å². The molecule has 1 amide bonds. The van der Waals surface area contributed by atoms with Crippen molar-refractivity contribution in [2.45, 2.75) is 45.7 Å². The number of carbonyl (C=O) groups is 2. The van der Waals surface area contributed by atoms with Gasteiger partial charge in [0.15, 0.2) is 0 Å². The Hall–Kier alpha value is -1.10. The van der Waals surface area contributed by atoms with Gasteiger partial charge in [-0.15, -0.1) is 0 Å². The second kappa shape index (κ2) is 7.22. The van der Waals surface area contributed by atoms with E-state index in [2.05, 4.69) is 10.1 Å². The van der Waals surface area contributed by atoms with E-state index in [4.69, 9.17) is 5.73 Å². The molecule has 0 aliphatic rings. The zero-order chi connectivity index (χ0) is 12.7. The monoisotopic (exact) mass is 230 g/mol. The van der Waals surface area contributed by atoms with Gasteiger partial charge in [-0.25, -0.2) is 4.79 Å². The van der Waals surface area contributed by atoms with E-state index in [1.165, 1.54) is 7.11 Å². The number of esters is 1. The second-order valence-electron chi connectivity index (χ2n) is 4.23. The highest BCUT2D eigenvalue weighted by molar-refractivity contribution is 5.87. The van der Waals surface area contributed by atoms with Crippen molar-refractivity contribution in [2.24, 2.45) is 11.7 Å². The normalized spacial score (nSPS) is 14.4. The lowest BCUT2D eigenvalue weighted by atomic mass is 10.0. The van der Waals surface area contributed by atoms with E-state index >= 15 is 0 Å². The molecule has 0 spiro atoms. The van der Waals surface area contributed by atoms with Gasteiger partial charge >= 0.3 is 5.97 Å². The van der Waals surface area contributed by atoms with E-state index in [1.807, 2.05) is 13.8 Å². The average Bonchev–Trinajstić information content (AvgIpc) is 2.23. The Morgan fingerprint density at radius 1 is 1.38 bits per heavy atom. The molecule has 0 aliphatic heterocycles. The number of hydrogen-bond acceptors (Lipinski definition) is 4. The van der Waals surface area contributed by atoms with Crippen molar-refractivity contribution in [3.8, 4) is 0 Å². The molecule has 2 atom stereocenters. The van der Waals surface area contributed by atoms with Crippen LogP contribution < -0.4 is 11.1 Å². The average molecular weight is 230 g/mol. The third kappa shape index (κ3) is 5.11. The van der Waals surface area contributed by atoms with Gasteiger partial charge < -0.3 is 15.8 Å². The topological polar surface area (TPSA) is 81.4 Å². The molecule has 94 valence electrons. The highest BCUT2D eigenvalue weighted by Gasteiger charge is 2.22. The fourth-order valence-corrected chi connectivity index (χ4v) is 1.36. The van der Waals surface area contributed by atoms with Crippen molar-refractivity contribution < 1.29 is 14.3 Å². The zero-order valence-corrected chi connectivity index (χ0v) is 10.4. The smallest absolute Gasteiger partial charge is 0.328 e. The Labute approximate surface area is 96.7 Å². The van der Waals surface area contributed by atoms with Gasteiger partial charge in [0.1, 0.15) is 6.04 Å². The van der Waals surface area contributed by atoms with E-state index < -0.39 is 18.1 Å². The zero-order valence-electron chi connectivity index (χ0n) is 10.4. The van der Waals surface area contributed by atoms with Crippen molar-refractivity contribution >= 4 is 11.9 Å². The molecular formula is C11H22N2O3. The van der Waals surface area contributed by atoms with Crippen LogP contribution in [0.15, 0.2) is 0 Å². The van der Waals surface area contributed by atoms with Crippen molar-refractivity contribution in [3.63, 3.8) is 0 Å². The molecular weight excluding hydrogens is 208 g/mol. The van der Waals surface area contributed by atoms with Gasteiger partial charge in [0.05, 0.1) is 13.2 Å². The van der Waals surface area contributed by atoms with Crippen LogP contribution in [0.2, 0.25) is 0 Å². The van der Waals surface area contributed by atoms with Crippen molar-refractivity contribution in [1.82, 2.24) is 5.32 Å². The second-order valence-corrected chi connectivity index (χ2v) is 4.23. The quantitative estimate of drug-likeness (QED) is 0.648. The van der Waals surface area contributed by atoms with Crippen molar-refractivity contribution in [2.75, 3.05) is 7.11 Å². The molecule has 0 aliphatic carbocycles. The predicted octanol–water partition coefficient (Wildman–Crippen LogP) is 0.428. The Kier molecular flexibility index (Phi) is 6.72. The molecule has 0 bridgehead atoms. The third-order valence-corrected chi connectivity index (χ3v) is 2.27. The minimum atomic E-state index is -0.601. The fraction of sp³-hybridized carbons (Fsp3) is 0.818. The molecule has 0 rings (SSSR count). The summed E-state index contributed by atoms with van der Waals surface area (Å²) in [5.74, 6) is -0.391. The summed E-state index contributed by atoms with van der Waals surface area (Å²) in [4.78, 5) is 22.9. The molecule has 3 N–H and O–H groups in total. The molecule has 0 fully saturated rings. The summed E-state index contributed by atoms with van der Waals surface area (Å²) in [6.07, 6.45) is 1.09. The first-order valence-corrected chi connectivity index (χ1v) is 5.56. The van der Waals surface area contributed by atoms with Crippen LogP contribution in [-0.2, 0) is 14.3 Å². The minimum Gasteiger partial charge on any atom is -0.467 e. The van der Waals surface area contributed by atoms with Crippen LogP contribution in [0.1, 0.15) is 33.6 Å². The third-order valence-electron chi connectivity index (χ3n) is 2.27. The van der Waals surface area contributed by atoms with E-state index in [0.717, 1.165) is 0 Å². The maximum absolute atomic E-state index is 11.6. The Bertz CT molecular complexity index is 241. The summed E-state index contributed by atoms with van der Waals surface area (Å²) in [5, 5.41) is 2.58. The van der Waals surface area contributed by atoms with Gasteiger partial charge in [-0.05, 0) is 18.8 Å². The Morgan fingerprint density at radius 2 is 1.94 bits per heavy atom. The molecule has 0 heterocycles. The molecule has 5 nitrogen and oxygen atoms in total. The summed E-state index contributed by atoms with van der Waals surface area (Å²) in [5.41, 5.74) is 5.70. The molecule has 0 aromatic heterocycles. The number of nitrogens with two attached hydrogens (primary N) is 1. The molecule has 0 aromatic rings. The van der Waals surface area contributed by atoms with Gasteiger partial charge in [0, 0.05) is 0 Å². The number of carbonyl (C=O) groups excluding carboxylic acids is 2. The van der Waals surface area contributed by atoms with Crippen molar-refractivity contribution in [1.29, 1.82) is 0 Å². The number of hydrogen-bond donors (Lipinski definition) is 2. The lowest BCUT2D eigenvalue weighted by Gasteiger charge is -2.18. The maximum Gasteiger partial charge on any atom is 0.328 e. The largest absolute Gasteiger partial charge is 0.467 e.